The Bertz CT molecular complexity index is 1530. The second-order valence-corrected chi connectivity index (χ2v) is 11.7. The molecule has 2 aromatic heterocycles. The minimum absolute atomic E-state index is 0.0113. The Kier molecular flexibility index (Phi) is 9.31. The predicted octanol–water partition coefficient (Wildman–Crippen LogP) is 2.84. The van der Waals surface area contributed by atoms with Crippen molar-refractivity contribution in [3.63, 3.8) is 0 Å². The molecule has 2 aliphatic rings. The van der Waals surface area contributed by atoms with E-state index in [1.807, 2.05) is 18.7 Å². The molecule has 43 heavy (non-hydrogen) atoms. The summed E-state index contributed by atoms with van der Waals surface area (Å²) < 4.78 is 53.0. The van der Waals surface area contributed by atoms with E-state index in [2.05, 4.69) is 25.0 Å². The molecule has 4 heterocycles. The van der Waals surface area contributed by atoms with E-state index in [-0.39, 0.29) is 59.3 Å². The van der Waals surface area contributed by atoms with Crippen molar-refractivity contribution in [2.45, 2.75) is 24.8 Å². The summed E-state index contributed by atoms with van der Waals surface area (Å²) in [4.78, 5) is 28.9. The number of amides is 2. The third kappa shape index (κ3) is 7.17. The summed E-state index contributed by atoms with van der Waals surface area (Å²) in [5.74, 6) is 0.868. The highest BCUT2D eigenvalue weighted by molar-refractivity contribution is 7.92. The standard InChI is InChI=1S/C28H35N7O7S/c1-19(2)20-8-9-23(30-18-20)43(37,38)33-25-24(42-22-7-5-4-6-21(22)39-3)26(41-17-14-35-11-10-29-28(35)36)32-27(31-25)34-12-15-40-16-13-34/h4-9,18-19H,10-17H2,1-3H3,(H,29,36)(H,31,32,33). The molecule has 0 spiro atoms. The van der Waals surface area contributed by atoms with Crippen LogP contribution in [0.4, 0.5) is 16.6 Å². The molecule has 1 aromatic carbocycles. The van der Waals surface area contributed by atoms with Crippen LogP contribution in [0.1, 0.15) is 25.3 Å². The Morgan fingerprint density at radius 3 is 2.49 bits per heavy atom. The fourth-order valence-electron chi connectivity index (χ4n) is 4.44. The van der Waals surface area contributed by atoms with Gasteiger partial charge in [-0.25, -0.2) is 9.78 Å². The van der Waals surface area contributed by atoms with Crippen LogP contribution in [-0.2, 0) is 14.8 Å². The molecular formula is C28H35N7O7S. The van der Waals surface area contributed by atoms with E-state index in [4.69, 9.17) is 18.9 Å². The summed E-state index contributed by atoms with van der Waals surface area (Å²) in [5, 5.41) is 2.57. The van der Waals surface area contributed by atoms with Gasteiger partial charge in [0.1, 0.15) is 6.61 Å². The van der Waals surface area contributed by atoms with Crippen LogP contribution < -0.4 is 29.1 Å². The van der Waals surface area contributed by atoms with Crippen molar-refractivity contribution < 1.29 is 32.2 Å². The Hall–Kier alpha value is -4.37. The smallest absolute Gasteiger partial charge is 0.317 e. The third-order valence-corrected chi connectivity index (χ3v) is 8.13. The van der Waals surface area contributed by atoms with E-state index in [0.29, 0.717) is 45.1 Å². The lowest BCUT2D eigenvalue weighted by Crippen LogP contribution is -2.37. The van der Waals surface area contributed by atoms with E-state index in [1.165, 1.54) is 19.4 Å². The SMILES string of the molecule is COc1ccccc1Oc1c(NS(=O)(=O)c2ccc(C(C)C)cn2)nc(N2CCOCC2)nc1OCCN1CCNC1=O. The number of nitrogens with zero attached hydrogens (tertiary/aromatic N) is 5. The zero-order valence-corrected chi connectivity index (χ0v) is 25.1. The van der Waals surface area contributed by atoms with E-state index in [1.54, 1.807) is 35.2 Å². The highest BCUT2D eigenvalue weighted by atomic mass is 32.2. The maximum Gasteiger partial charge on any atom is 0.317 e. The van der Waals surface area contributed by atoms with E-state index < -0.39 is 10.0 Å². The molecule has 0 bridgehead atoms. The fourth-order valence-corrected chi connectivity index (χ4v) is 5.38. The first-order valence-corrected chi connectivity index (χ1v) is 15.4. The van der Waals surface area contributed by atoms with Crippen molar-refractivity contribution in [2.75, 3.05) is 69.3 Å². The van der Waals surface area contributed by atoms with Crippen molar-refractivity contribution in [2.24, 2.45) is 0 Å². The summed E-state index contributed by atoms with van der Waals surface area (Å²) in [6, 6.07) is 9.87. The minimum atomic E-state index is -4.21. The molecule has 14 nitrogen and oxygen atoms in total. The lowest BCUT2D eigenvalue weighted by molar-refractivity contribution is 0.122. The highest BCUT2D eigenvalue weighted by Crippen LogP contribution is 2.41. The summed E-state index contributed by atoms with van der Waals surface area (Å²) in [7, 11) is -2.72. The minimum Gasteiger partial charge on any atom is -0.493 e. The van der Waals surface area contributed by atoms with Gasteiger partial charge >= 0.3 is 6.03 Å². The fraction of sp³-hybridized carbons (Fsp3) is 0.429. The Balaban J connectivity index is 1.55. The van der Waals surface area contributed by atoms with Gasteiger partial charge in [-0.3, -0.25) is 4.72 Å². The van der Waals surface area contributed by atoms with Gasteiger partial charge in [0.25, 0.3) is 15.9 Å². The molecule has 0 unspecified atom stereocenters. The van der Waals surface area contributed by atoms with Crippen molar-refractivity contribution >= 4 is 27.8 Å². The molecule has 5 rings (SSSR count). The Labute approximate surface area is 250 Å². The molecule has 2 fully saturated rings. The Morgan fingerprint density at radius 2 is 1.84 bits per heavy atom. The summed E-state index contributed by atoms with van der Waals surface area (Å²) in [6.45, 7) is 7.33. The average Bonchev–Trinajstić information content (AvgIpc) is 3.43. The van der Waals surface area contributed by atoms with Gasteiger partial charge in [0.15, 0.2) is 22.3 Å². The van der Waals surface area contributed by atoms with E-state index >= 15 is 0 Å². The first-order chi connectivity index (χ1) is 20.7. The predicted molar refractivity (Wildman–Crippen MR) is 158 cm³/mol. The number of methoxy groups -OCH3 is 1. The zero-order valence-electron chi connectivity index (χ0n) is 24.3. The van der Waals surface area contributed by atoms with Crippen molar-refractivity contribution in [3.8, 4) is 23.1 Å². The number of nitrogens with one attached hydrogen (secondary N) is 2. The number of anilines is 2. The second kappa shape index (κ2) is 13.3. The molecule has 15 heteroatoms. The number of ether oxygens (including phenoxy) is 4. The molecule has 2 N–H and O–H groups in total. The molecule has 3 aromatic rings. The lowest BCUT2D eigenvalue weighted by Gasteiger charge is -2.28. The number of morpholine rings is 1. The molecule has 2 aliphatic heterocycles. The number of carbonyl (C=O) groups is 1. The van der Waals surface area contributed by atoms with Gasteiger partial charge in [0.2, 0.25) is 11.7 Å². The van der Waals surface area contributed by atoms with Crippen LogP contribution in [0.2, 0.25) is 0 Å². The quantitative estimate of drug-likeness (QED) is 0.310. The number of benzene rings is 1. The van der Waals surface area contributed by atoms with Crippen molar-refractivity contribution in [1.82, 2.24) is 25.2 Å². The van der Waals surface area contributed by atoms with Gasteiger partial charge in [-0.15, -0.1) is 0 Å². The van der Waals surface area contributed by atoms with Crippen LogP contribution in [0.25, 0.3) is 0 Å². The molecule has 0 aliphatic carbocycles. The van der Waals surface area contributed by atoms with Crippen LogP contribution >= 0.6 is 0 Å². The second-order valence-electron chi connectivity index (χ2n) is 10.1. The summed E-state index contributed by atoms with van der Waals surface area (Å²) in [6.07, 6.45) is 1.54. The lowest BCUT2D eigenvalue weighted by atomic mass is 10.1. The van der Waals surface area contributed by atoms with Crippen LogP contribution in [0.15, 0.2) is 47.6 Å². The number of sulfonamides is 1. The number of rotatable bonds is 12. The molecule has 230 valence electrons. The number of para-hydroxylation sites is 2. The van der Waals surface area contributed by atoms with Gasteiger partial charge < -0.3 is 34.1 Å². The largest absolute Gasteiger partial charge is 0.493 e. The summed E-state index contributed by atoms with van der Waals surface area (Å²) >= 11 is 0. The number of carbonyl (C=O) groups excluding carboxylic acids is 1. The molecule has 0 saturated carbocycles. The first-order valence-electron chi connectivity index (χ1n) is 13.9. The van der Waals surface area contributed by atoms with Crippen LogP contribution in [0, 0.1) is 0 Å². The van der Waals surface area contributed by atoms with Crippen molar-refractivity contribution in [1.29, 1.82) is 0 Å². The van der Waals surface area contributed by atoms with Gasteiger partial charge in [-0.1, -0.05) is 32.0 Å². The maximum absolute atomic E-state index is 13.6. The normalized spacial score (nSPS) is 15.4. The highest BCUT2D eigenvalue weighted by Gasteiger charge is 2.28. The van der Waals surface area contributed by atoms with Crippen molar-refractivity contribution in [3.05, 3.63) is 48.2 Å². The van der Waals surface area contributed by atoms with Gasteiger partial charge in [-0.2, -0.15) is 18.4 Å². The third-order valence-electron chi connectivity index (χ3n) is 6.88. The number of hydrogen-bond donors (Lipinski definition) is 2. The number of aromatic nitrogens is 3. The molecule has 0 atom stereocenters. The summed E-state index contributed by atoms with van der Waals surface area (Å²) in [5.41, 5.74) is 0.901. The first kappa shape index (κ1) is 30.1. The van der Waals surface area contributed by atoms with Crippen LogP contribution in [0.5, 0.6) is 23.1 Å². The maximum atomic E-state index is 13.6. The topological polar surface area (TPSA) is 157 Å². The average molecular weight is 614 g/mol. The Morgan fingerprint density at radius 1 is 1.07 bits per heavy atom. The number of urea groups is 1. The van der Waals surface area contributed by atoms with Crippen LogP contribution in [0.3, 0.4) is 0 Å². The number of pyridine rings is 1. The van der Waals surface area contributed by atoms with Gasteiger partial charge in [-0.05, 0) is 29.7 Å². The molecule has 0 radical (unpaired) electrons. The monoisotopic (exact) mass is 613 g/mol. The van der Waals surface area contributed by atoms with E-state index in [0.717, 1.165) is 5.56 Å². The molecule has 2 saturated heterocycles. The van der Waals surface area contributed by atoms with Crippen LogP contribution in [-0.4, -0.2) is 94.0 Å². The van der Waals surface area contributed by atoms with Gasteiger partial charge in [0.05, 0.1) is 26.9 Å². The molecule has 2 amide bonds. The zero-order chi connectivity index (χ0) is 30.4. The molecular weight excluding hydrogens is 578 g/mol. The number of hydrogen-bond acceptors (Lipinski definition) is 11. The van der Waals surface area contributed by atoms with Gasteiger partial charge in [0, 0.05) is 32.4 Å². The van der Waals surface area contributed by atoms with E-state index in [9.17, 15) is 13.2 Å².